The van der Waals surface area contributed by atoms with Gasteiger partial charge in [0.2, 0.25) is 0 Å². The first-order chi connectivity index (χ1) is 13.8. The Morgan fingerprint density at radius 2 is 1.93 bits per heavy atom. The highest BCUT2D eigenvalue weighted by Crippen LogP contribution is 2.24. The number of esters is 1. The van der Waals surface area contributed by atoms with E-state index >= 15 is 0 Å². The normalized spacial score (nSPS) is 12.7. The lowest BCUT2D eigenvalue weighted by molar-refractivity contribution is 0.0531. The molecule has 0 spiro atoms. The van der Waals surface area contributed by atoms with Crippen molar-refractivity contribution in [2.45, 2.75) is 39.9 Å². The van der Waals surface area contributed by atoms with E-state index in [2.05, 4.69) is 63.9 Å². The highest BCUT2D eigenvalue weighted by molar-refractivity contribution is 7.13. The number of hydrogen-bond acceptors (Lipinski definition) is 6. The number of nitrogens with zero attached hydrogens (tertiary/aromatic N) is 3. The molecule has 2 rings (SSSR count). The van der Waals surface area contributed by atoms with Crippen LogP contribution in [0.25, 0.3) is 0 Å². The number of ether oxygens (including phenoxy) is 1. The highest BCUT2D eigenvalue weighted by Gasteiger charge is 2.20. The van der Waals surface area contributed by atoms with Gasteiger partial charge in [-0.1, -0.05) is 24.3 Å². The van der Waals surface area contributed by atoms with Gasteiger partial charge in [0.05, 0.1) is 18.3 Å². The minimum Gasteiger partial charge on any atom is -0.462 e. The van der Waals surface area contributed by atoms with Crippen molar-refractivity contribution >= 4 is 23.3 Å². The second-order valence-corrected chi connectivity index (χ2v) is 8.06. The molecule has 2 N–H and O–H groups in total. The van der Waals surface area contributed by atoms with Crippen LogP contribution in [-0.2, 0) is 17.8 Å². The van der Waals surface area contributed by atoms with Gasteiger partial charge < -0.3 is 20.3 Å². The molecule has 0 amide bonds. The molecular formula is C21H31N5O2S. The molecule has 0 aliphatic heterocycles. The van der Waals surface area contributed by atoms with Crippen LogP contribution >= 0.6 is 11.3 Å². The number of carbonyl (C=O) groups excluding carboxylic acids is 1. The van der Waals surface area contributed by atoms with Gasteiger partial charge in [-0.15, -0.1) is 11.3 Å². The van der Waals surface area contributed by atoms with Gasteiger partial charge in [0.25, 0.3) is 0 Å². The summed E-state index contributed by atoms with van der Waals surface area (Å²) < 4.78 is 5.09. The largest absolute Gasteiger partial charge is 0.462 e. The number of hydrogen-bond donors (Lipinski definition) is 2. The van der Waals surface area contributed by atoms with Gasteiger partial charge in [-0.25, -0.2) is 9.78 Å². The first-order valence-electron chi connectivity index (χ1n) is 9.68. The minimum atomic E-state index is -0.318. The molecule has 8 heteroatoms. The van der Waals surface area contributed by atoms with Crippen LogP contribution in [0.1, 0.15) is 51.4 Å². The Hall–Kier alpha value is -2.45. The van der Waals surface area contributed by atoms with E-state index in [9.17, 15) is 4.79 Å². The molecule has 0 radical (unpaired) electrons. The summed E-state index contributed by atoms with van der Waals surface area (Å²) in [7, 11) is 5.86. The molecule has 1 aromatic heterocycles. The summed E-state index contributed by atoms with van der Waals surface area (Å²) in [6, 6.07) is 8.45. The zero-order valence-corrected chi connectivity index (χ0v) is 18.9. The minimum absolute atomic E-state index is 0.0875. The lowest BCUT2D eigenvalue weighted by Crippen LogP contribution is -2.38. The van der Waals surface area contributed by atoms with Crippen LogP contribution in [0, 0.1) is 6.92 Å². The van der Waals surface area contributed by atoms with Crippen molar-refractivity contribution in [3.05, 3.63) is 51.0 Å². The fraction of sp³-hybridized carbons (Fsp3) is 0.476. The van der Waals surface area contributed by atoms with Gasteiger partial charge in [0.1, 0.15) is 9.88 Å². The molecule has 158 valence electrons. The topological polar surface area (TPSA) is 78.8 Å². The van der Waals surface area contributed by atoms with E-state index in [1.165, 1.54) is 22.5 Å². The maximum atomic E-state index is 12.0. The summed E-state index contributed by atoms with van der Waals surface area (Å²) >= 11 is 1.35. The standard InChI is InChI=1S/C21H31N5O2S/c1-7-28-20(27)18-14(2)24-19(29-18)15(3)25-21(22-4)23-12-16-8-10-17(11-9-16)13-26(5)6/h8-11,15H,7,12-13H2,1-6H3,(H2,22,23,25). The predicted molar refractivity (Wildman–Crippen MR) is 118 cm³/mol. The van der Waals surface area contributed by atoms with Crippen molar-refractivity contribution in [2.75, 3.05) is 27.7 Å². The second kappa shape index (κ2) is 10.9. The molecule has 1 unspecified atom stereocenters. The Morgan fingerprint density at radius 1 is 1.28 bits per heavy atom. The Balaban J connectivity index is 1.94. The van der Waals surface area contributed by atoms with Crippen LogP contribution in [0.2, 0.25) is 0 Å². The lowest BCUT2D eigenvalue weighted by Gasteiger charge is -2.16. The molecule has 29 heavy (non-hydrogen) atoms. The average molecular weight is 418 g/mol. The van der Waals surface area contributed by atoms with Gasteiger partial charge >= 0.3 is 5.97 Å². The molecular weight excluding hydrogens is 386 g/mol. The van der Waals surface area contributed by atoms with Crippen molar-refractivity contribution in [2.24, 2.45) is 4.99 Å². The first-order valence-corrected chi connectivity index (χ1v) is 10.5. The molecule has 1 aromatic carbocycles. The van der Waals surface area contributed by atoms with Crippen molar-refractivity contribution in [1.82, 2.24) is 20.5 Å². The fourth-order valence-corrected chi connectivity index (χ4v) is 3.73. The molecule has 0 aliphatic rings. The number of thiazole rings is 1. The number of aromatic nitrogens is 1. The lowest BCUT2D eigenvalue weighted by atomic mass is 10.1. The third-order valence-corrected chi connectivity index (χ3v) is 5.52. The Bertz CT molecular complexity index is 830. The van der Waals surface area contributed by atoms with E-state index < -0.39 is 0 Å². The summed E-state index contributed by atoms with van der Waals surface area (Å²) in [5.74, 6) is 0.363. The van der Waals surface area contributed by atoms with Crippen LogP contribution in [0.3, 0.4) is 0 Å². The number of aliphatic imine (C=N–C) groups is 1. The molecule has 1 atom stereocenters. The highest BCUT2D eigenvalue weighted by atomic mass is 32.1. The first kappa shape index (κ1) is 22.8. The predicted octanol–water partition coefficient (Wildman–Crippen LogP) is 3.12. The molecule has 2 aromatic rings. The molecule has 0 saturated carbocycles. The van der Waals surface area contributed by atoms with E-state index in [4.69, 9.17) is 4.74 Å². The van der Waals surface area contributed by atoms with E-state index in [0.29, 0.717) is 29.7 Å². The van der Waals surface area contributed by atoms with Gasteiger partial charge in [-0.05, 0) is 46.0 Å². The molecule has 0 saturated heterocycles. The zero-order chi connectivity index (χ0) is 21.4. The summed E-state index contributed by atoms with van der Waals surface area (Å²) in [5.41, 5.74) is 3.15. The summed E-state index contributed by atoms with van der Waals surface area (Å²) in [6.45, 7) is 7.56. The SMILES string of the molecule is CCOC(=O)c1sc(C(C)NC(=NC)NCc2ccc(CN(C)C)cc2)nc1C. The van der Waals surface area contributed by atoms with E-state index in [1.54, 1.807) is 14.0 Å². The molecule has 1 heterocycles. The van der Waals surface area contributed by atoms with Crippen LogP contribution in [0.15, 0.2) is 29.3 Å². The maximum absolute atomic E-state index is 12.0. The van der Waals surface area contributed by atoms with Crippen LogP contribution < -0.4 is 10.6 Å². The molecule has 0 fully saturated rings. The quantitative estimate of drug-likeness (QED) is 0.390. The Morgan fingerprint density at radius 3 is 2.52 bits per heavy atom. The summed E-state index contributed by atoms with van der Waals surface area (Å²) in [5, 5.41) is 7.48. The van der Waals surface area contributed by atoms with Gasteiger partial charge in [0, 0.05) is 20.1 Å². The van der Waals surface area contributed by atoms with Crippen molar-refractivity contribution in [3.8, 4) is 0 Å². The number of rotatable bonds is 8. The molecule has 0 bridgehead atoms. The molecule has 0 aliphatic carbocycles. The number of nitrogens with one attached hydrogen (secondary N) is 2. The van der Waals surface area contributed by atoms with Gasteiger partial charge in [-0.2, -0.15) is 0 Å². The maximum Gasteiger partial charge on any atom is 0.350 e. The number of benzene rings is 1. The second-order valence-electron chi connectivity index (χ2n) is 7.03. The molecule has 7 nitrogen and oxygen atoms in total. The number of aryl methyl sites for hydroxylation is 1. The monoisotopic (exact) mass is 417 g/mol. The van der Waals surface area contributed by atoms with E-state index in [1.807, 2.05) is 13.8 Å². The number of carbonyl (C=O) groups is 1. The third-order valence-electron chi connectivity index (χ3n) is 4.20. The fourth-order valence-electron chi connectivity index (χ4n) is 2.76. The van der Waals surface area contributed by atoms with Crippen LogP contribution in [-0.4, -0.2) is 49.6 Å². The Labute approximate surface area is 177 Å². The van der Waals surface area contributed by atoms with Gasteiger partial charge in [-0.3, -0.25) is 4.99 Å². The third kappa shape index (κ3) is 6.83. The number of guanidine groups is 1. The Kier molecular flexibility index (Phi) is 8.60. The van der Waals surface area contributed by atoms with E-state index in [0.717, 1.165) is 11.6 Å². The van der Waals surface area contributed by atoms with Crippen LogP contribution in [0.5, 0.6) is 0 Å². The summed E-state index contributed by atoms with van der Waals surface area (Å²) in [6.07, 6.45) is 0. The van der Waals surface area contributed by atoms with Crippen molar-refractivity contribution in [3.63, 3.8) is 0 Å². The van der Waals surface area contributed by atoms with Gasteiger partial charge in [0.15, 0.2) is 5.96 Å². The van der Waals surface area contributed by atoms with Crippen LogP contribution in [0.4, 0.5) is 0 Å². The van der Waals surface area contributed by atoms with Crippen molar-refractivity contribution < 1.29 is 9.53 Å². The smallest absolute Gasteiger partial charge is 0.350 e. The zero-order valence-electron chi connectivity index (χ0n) is 18.1. The average Bonchev–Trinajstić information content (AvgIpc) is 3.08. The van der Waals surface area contributed by atoms with Crippen molar-refractivity contribution in [1.29, 1.82) is 0 Å². The van der Waals surface area contributed by atoms with E-state index in [-0.39, 0.29) is 12.0 Å². The summed E-state index contributed by atoms with van der Waals surface area (Å²) in [4.78, 5) is 23.5.